The molecule has 1 atom stereocenters. The van der Waals surface area contributed by atoms with Gasteiger partial charge in [0.2, 0.25) is 0 Å². The van der Waals surface area contributed by atoms with Crippen LogP contribution in [0.1, 0.15) is 33.1 Å². The Hall–Kier alpha value is -0.830. The predicted octanol–water partition coefficient (Wildman–Crippen LogP) is 1.41. The summed E-state index contributed by atoms with van der Waals surface area (Å²) in [6, 6.07) is 0. The fourth-order valence-corrected chi connectivity index (χ4v) is 1.50. The van der Waals surface area contributed by atoms with Gasteiger partial charge in [0.1, 0.15) is 6.61 Å². The van der Waals surface area contributed by atoms with Gasteiger partial charge in [-0.3, -0.25) is 4.79 Å². The number of ether oxygens (including phenoxy) is 1. The van der Waals surface area contributed by atoms with Crippen LogP contribution in [-0.4, -0.2) is 23.3 Å². The molecule has 0 aromatic carbocycles. The molecular weight excluding hydrogens is 168 g/mol. The zero-order valence-corrected chi connectivity index (χ0v) is 8.17. The molecule has 1 N–H and O–H groups in total. The lowest BCUT2D eigenvalue weighted by Gasteiger charge is -2.29. The van der Waals surface area contributed by atoms with E-state index >= 15 is 0 Å². The first kappa shape index (κ1) is 10.3. The Morgan fingerprint density at radius 2 is 2.46 bits per heavy atom. The van der Waals surface area contributed by atoms with E-state index in [2.05, 4.69) is 0 Å². The van der Waals surface area contributed by atoms with Gasteiger partial charge in [0.15, 0.2) is 0 Å². The first-order chi connectivity index (χ1) is 6.02. The number of carbonyl (C=O) groups is 1. The molecule has 0 radical (unpaired) electrons. The van der Waals surface area contributed by atoms with Crippen molar-refractivity contribution in [2.75, 3.05) is 6.61 Å². The summed E-state index contributed by atoms with van der Waals surface area (Å²) in [5.41, 5.74) is 0.0437. The molecule has 0 aromatic heterocycles. The molecule has 0 amide bonds. The quantitative estimate of drug-likeness (QED) is 0.521. The van der Waals surface area contributed by atoms with Crippen molar-refractivity contribution in [3.8, 4) is 0 Å². The van der Waals surface area contributed by atoms with Gasteiger partial charge >= 0.3 is 5.97 Å². The second-order valence-electron chi connectivity index (χ2n) is 3.68. The lowest BCUT2D eigenvalue weighted by atomic mass is 9.85. The summed E-state index contributed by atoms with van der Waals surface area (Å²) < 4.78 is 4.85. The first-order valence-electron chi connectivity index (χ1n) is 4.57. The van der Waals surface area contributed by atoms with Crippen LogP contribution in [0.5, 0.6) is 0 Å². The molecule has 0 heterocycles. The second kappa shape index (κ2) is 3.92. The van der Waals surface area contributed by atoms with E-state index in [-0.39, 0.29) is 12.6 Å². The average Bonchev–Trinajstić information content (AvgIpc) is 2.01. The topological polar surface area (TPSA) is 46.5 Å². The first-order valence-corrected chi connectivity index (χ1v) is 4.57. The predicted molar refractivity (Wildman–Crippen MR) is 49.2 cm³/mol. The standard InChI is InChI=1S/C10H16O3/c1-8(11)13-7-9-5-3-4-6-10(9,2)12/h5,12H,3-4,6-7H2,1-2H3. The van der Waals surface area contributed by atoms with Crippen molar-refractivity contribution in [3.63, 3.8) is 0 Å². The molecular formula is C10H16O3. The van der Waals surface area contributed by atoms with Crippen molar-refractivity contribution in [2.24, 2.45) is 0 Å². The van der Waals surface area contributed by atoms with Crippen LogP contribution in [-0.2, 0) is 9.53 Å². The third-order valence-electron chi connectivity index (χ3n) is 2.38. The van der Waals surface area contributed by atoms with Crippen molar-refractivity contribution < 1.29 is 14.6 Å². The van der Waals surface area contributed by atoms with E-state index in [9.17, 15) is 9.90 Å². The van der Waals surface area contributed by atoms with Crippen molar-refractivity contribution in [1.82, 2.24) is 0 Å². The van der Waals surface area contributed by atoms with Crippen LogP contribution in [0, 0.1) is 0 Å². The summed E-state index contributed by atoms with van der Waals surface area (Å²) in [7, 11) is 0. The Morgan fingerprint density at radius 1 is 1.77 bits per heavy atom. The fourth-order valence-electron chi connectivity index (χ4n) is 1.50. The van der Waals surface area contributed by atoms with Gasteiger partial charge < -0.3 is 9.84 Å². The highest BCUT2D eigenvalue weighted by atomic mass is 16.5. The van der Waals surface area contributed by atoms with Gasteiger partial charge in [0, 0.05) is 6.92 Å². The molecule has 74 valence electrons. The van der Waals surface area contributed by atoms with Gasteiger partial charge in [-0.25, -0.2) is 0 Å². The number of allylic oxidation sites excluding steroid dienone is 1. The van der Waals surface area contributed by atoms with E-state index in [0.29, 0.717) is 0 Å². The molecule has 0 fully saturated rings. The number of rotatable bonds is 2. The molecule has 1 unspecified atom stereocenters. The molecule has 0 saturated carbocycles. The van der Waals surface area contributed by atoms with E-state index in [1.165, 1.54) is 6.92 Å². The lowest BCUT2D eigenvalue weighted by Crippen LogP contribution is -2.32. The Morgan fingerprint density at radius 3 is 3.00 bits per heavy atom. The molecule has 3 heteroatoms. The molecule has 0 spiro atoms. The van der Waals surface area contributed by atoms with E-state index in [1.807, 2.05) is 6.08 Å². The van der Waals surface area contributed by atoms with Crippen LogP contribution in [0.2, 0.25) is 0 Å². The van der Waals surface area contributed by atoms with Crippen LogP contribution in [0.15, 0.2) is 11.6 Å². The highest BCUT2D eigenvalue weighted by molar-refractivity contribution is 5.66. The Kier molecular flexibility index (Phi) is 3.09. The maximum Gasteiger partial charge on any atom is 0.302 e. The number of aliphatic hydroxyl groups is 1. The SMILES string of the molecule is CC(=O)OCC1=CCCCC1(C)O. The zero-order chi connectivity index (χ0) is 9.90. The fraction of sp³-hybridized carbons (Fsp3) is 0.700. The van der Waals surface area contributed by atoms with Crippen LogP contribution in [0.3, 0.4) is 0 Å². The van der Waals surface area contributed by atoms with Gasteiger partial charge in [0.05, 0.1) is 5.60 Å². The zero-order valence-electron chi connectivity index (χ0n) is 8.17. The highest BCUT2D eigenvalue weighted by Crippen LogP contribution is 2.28. The Bertz CT molecular complexity index is 228. The minimum atomic E-state index is -0.784. The van der Waals surface area contributed by atoms with Crippen molar-refractivity contribution in [3.05, 3.63) is 11.6 Å². The Balaban J connectivity index is 2.56. The third-order valence-corrected chi connectivity index (χ3v) is 2.38. The molecule has 3 nitrogen and oxygen atoms in total. The molecule has 0 saturated heterocycles. The van der Waals surface area contributed by atoms with Crippen LogP contribution < -0.4 is 0 Å². The van der Waals surface area contributed by atoms with Crippen molar-refractivity contribution in [2.45, 2.75) is 38.7 Å². The largest absolute Gasteiger partial charge is 0.461 e. The molecule has 13 heavy (non-hydrogen) atoms. The smallest absolute Gasteiger partial charge is 0.302 e. The van der Waals surface area contributed by atoms with E-state index in [0.717, 1.165) is 24.8 Å². The molecule has 1 aliphatic rings. The summed E-state index contributed by atoms with van der Waals surface area (Å²) >= 11 is 0. The van der Waals surface area contributed by atoms with Gasteiger partial charge in [-0.2, -0.15) is 0 Å². The maximum atomic E-state index is 10.6. The number of hydrogen-bond donors (Lipinski definition) is 1. The molecule has 0 aliphatic heterocycles. The van der Waals surface area contributed by atoms with Crippen LogP contribution >= 0.6 is 0 Å². The van der Waals surface area contributed by atoms with Crippen LogP contribution in [0.4, 0.5) is 0 Å². The molecule has 0 aromatic rings. The molecule has 1 rings (SSSR count). The van der Waals surface area contributed by atoms with Crippen molar-refractivity contribution in [1.29, 1.82) is 0 Å². The highest BCUT2D eigenvalue weighted by Gasteiger charge is 2.28. The summed E-state index contributed by atoms with van der Waals surface area (Å²) in [6.07, 6.45) is 4.68. The second-order valence-corrected chi connectivity index (χ2v) is 3.68. The van der Waals surface area contributed by atoms with E-state index in [1.54, 1.807) is 6.92 Å². The van der Waals surface area contributed by atoms with E-state index in [4.69, 9.17) is 4.74 Å². The van der Waals surface area contributed by atoms with Crippen molar-refractivity contribution >= 4 is 5.97 Å². The minimum absolute atomic E-state index is 0.225. The maximum absolute atomic E-state index is 10.6. The van der Waals surface area contributed by atoms with E-state index < -0.39 is 5.60 Å². The van der Waals surface area contributed by atoms with Gasteiger partial charge in [-0.05, 0) is 31.8 Å². The third kappa shape index (κ3) is 2.84. The average molecular weight is 184 g/mol. The number of carbonyl (C=O) groups excluding carboxylic acids is 1. The van der Waals surface area contributed by atoms with Gasteiger partial charge in [0.25, 0.3) is 0 Å². The molecule has 0 bridgehead atoms. The monoisotopic (exact) mass is 184 g/mol. The summed E-state index contributed by atoms with van der Waals surface area (Å²) in [5, 5.41) is 9.89. The minimum Gasteiger partial charge on any atom is -0.461 e. The summed E-state index contributed by atoms with van der Waals surface area (Å²) in [6.45, 7) is 3.36. The molecule has 1 aliphatic carbocycles. The number of hydrogen-bond acceptors (Lipinski definition) is 3. The Labute approximate surface area is 78.4 Å². The van der Waals surface area contributed by atoms with Crippen LogP contribution in [0.25, 0.3) is 0 Å². The van der Waals surface area contributed by atoms with Gasteiger partial charge in [-0.1, -0.05) is 6.08 Å². The summed E-state index contributed by atoms with van der Waals surface area (Å²) in [4.78, 5) is 10.6. The number of esters is 1. The lowest BCUT2D eigenvalue weighted by molar-refractivity contribution is -0.140. The normalized spacial score (nSPS) is 28.1. The summed E-state index contributed by atoms with van der Waals surface area (Å²) in [5.74, 6) is -0.303. The van der Waals surface area contributed by atoms with Gasteiger partial charge in [-0.15, -0.1) is 0 Å².